The number of pyridine rings is 1. The third-order valence-corrected chi connectivity index (χ3v) is 6.07. The molecule has 6 nitrogen and oxygen atoms in total. The standard InChI is InChI=1S/C23H32N4.C7H13NO.CH4S/c1-6-15-27(16-7-2)22-12-10-21(11-13-22)26-23(18(3)4)25-17-20-9-8-14-24-19(20)5;1-6(9)8-7-4-2-3-5-7;1-2/h8-14,17-18H,5-7,15-16H2,1-4H3,(H,25,26);7H,2-5H2,1H3,(H,8,9);2H,1H3/b20-17-;;. The highest BCUT2D eigenvalue weighted by Crippen LogP contribution is 2.19. The van der Waals surface area contributed by atoms with Crippen LogP contribution < -0.4 is 26.1 Å². The smallest absolute Gasteiger partial charge is 0.217 e. The van der Waals surface area contributed by atoms with Gasteiger partial charge in [0.1, 0.15) is 5.84 Å². The lowest BCUT2D eigenvalue weighted by atomic mass is 10.2. The van der Waals surface area contributed by atoms with E-state index in [2.05, 4.69) is 96.7 Å². The molecule has 38 heavy (non-hydrogen) atoms. The second kappa shape index (κ2) is 19.3. The number of carbonyl (C=O) groups excluding carboxylic acids is 1. The molecule has 210 valence electrons. The molecule has 7 heteroatoms. The molecule has 0 unspecified atom stereocenters. The lowest BCUT2D eigenvalue weighted by Crippen LogP contribution is -2.30. The van der Waals surface area contributed by atoms with Crippen LogP contribution in [0.15, 0.2) is 47.6 Å². The van der Waals surface area contributed by atoms with Gasteiger partial charge < -0.3 is 15.5 Å². The van der Waals surface area contributed by atoms with Gasteiger partial charge in [0.15, 0.2) is 0 Å². The number of aliphatic imine (C=N–C) groups is 1. The predicted molar refractivity (Wildman–Crippen MR) is 170 cm³/mol. The Labute approximate surface area is 236 Å². The van der Waals surface area contributed by atoms with Crippen molar-refractivity contribution in [3.05, 3.63) is 53.2 Å². The van der Waals surface area contributed by atoms with E-state index in [0.29, 0.717) is 6.04 Å². The quantitative estimate of drug-likeness (QED) is 0.219. The van der Waals surface area contributed by atoms with Gasteiger partial charge in [0.2, 0.25) is 5.91 Å². The normalized spacial score (nSPS) is 13.8. The molecule has 1 heterocycles. The zero-order valence-corrected chi connectivity index (χ0v) is 25.2. The average molecular weight is 540 g/mol. The maximum Gasteiger partial charge on any atom is 0.217 e. The number of nitrogens with one attached hydrogen (secondary N) is 2. The fraction of sp³-hybridized carbons (Fsp3) is 0.516. The molecule has 0 saturated heterocycles. The summed E-state index contributed by atoms with van der Waals surface area (Å²) in [5, 5.41) is 8.03. The number of amides is 1. The van der Waals surface area contributed by atoms with Crippen LogP contribution in [-0.2, 0) is 4.79 Å². The Morgan fingerprint density at radius 2 is 1.74 bits per heavy atom. The van der Waals surface area contributed by atoms with E-state index in [-0.39, 0.29) is 11.8 Å². The summed E-state index contributed by atoms with van der Waals surface area (Å²) in [6.07, 6.45) is 12.5. The molecule has 2 aromatic rings. The van der Waals surface area contributed by atoms with Crippen molar-refractivity contribution in [3.63, 3.8) is 0 Å². The van der Waals surface area contributed by atoms with Crippen LogP contribution in [0.25, 0.3) is 12.8 Å². The second-order valence-corrected chi connectivity index (χ2v) is 9.68. The number of benzene rings is 1. The molecular weight excluding hydrogens is 490 g/mol. The Bertz CT molecular complexity index is 1060. The van der Waals surface area contributed by atoms with Gasteiger partial charge in [-0.2, -0.15) is 12.6 Å². The van der Waals surface area contributed by atoms with Gasteiger partial charge >= 0.3 is 0 Å². The molecular formula is C31H49N5OS. The highest BCUT2D eigenvalue weighted by Gasteiger charge is 2.14. The summed E-state index contributed by atoms with van der Waals surface area (Å²) in [7, 11) is 0. The zero-order valence-electron chi connectivity index (χ0n) is 24.3. The Balaban J connectivity index is 0.000000548. The van der Waals surface area contributed by atoms with Gasteiger partial charge in [0, 0.05) is 61.0 Å². The van der Waals surface area contributed by atoms with Crippen LogP contribution in [-0.4, -0.2) is 42.1 Å². The predicted octanol–water partition coefficient (Wildman–Crippen LogP) is 5.63. The monoisotopic (exact) mass is 539 g/mol. The maximum absolute atomic E-state index is 10.5. The molecule has 3 rings (SSSR count). The topological polar surface area (TPSA) is 69.6 Å². The number of rotatable bonds is 9. The largest absolute Gasteiger partial charge is 0.372 e. The lowest BCUT2D eigenvalue weighted by molar-refractivity contribution is -0.119. The molecule has 1 aliphatic rings. The molecule has 1 aromatic heterocycles. The molecule has 0 bridgehead atoms. The van der Waals surface area contributed by atoms with Crippen LogP contribution in [0.4, 0.5) is 11.4 Å². The highest BCUT2D eigenvalue weighted by molar-refractivity contribution is 7.79. The Kier molecular flexibility index (Phi) is 16.9. The maximum atomic E-state index is 10.5. The average Bonchev–Trinajstić information content (AvgIpc) is 3.41. The Morgan fingerprint density at radius 3 is 2.24 bits per heavy atom. The SMILES string of the molecule is C=c1nccc/c1=C/N=C(Nc1ccc(N(CCC)CCC)cc1)C(C)C.CC(=O)NC1CCCC1.CS. The fourth-order valence-electron chi connectivity index (χ4n) is 4.20. The van der Waals surface area contributed by atoms with Gasteiger partial charge in [-0.25, -0.2) is 4.99 Å². The summed E-state index contributed by atoms with van der Waals surface area (Å²) in [4.78, 5) is 21.8. The van der Waals surface area contributed by atoms with Crippen LogP contribution in [0.3, 0.4) is 0 Å². The van der Waals surface area contributed by atoms with Crippen molar-refractivity contribution in [2.24, 2.45) is 10.9 Å². The molecule has 0 spiro atoms. The summed E-state index contributed by atoms with van der Waals surface area (Å²) in [6, 6.07) is 13.0. The molecule has 0 atom stereocenters. The minimum absolute atomic E-state index is 0.113. The Morgan fingerprint density at radius 1 is 1.13 bits per heavy atom. The van der Waals surface area contributed by atoms with E-state index in [1.165, 1.54) is 31.4 Å². The van der Waals surface area contributed by atoms with Gasteiger partial charge in [-0.05, 0) is 68.3 Å². The molecule has 2 N–H and O–H groups in total. The van der Waals surface area contributed by atoms with Crippen LogP contribution in [0.1, 0.15) is 73.1 Å². The van der Waals surface area contributed by atoms with E-state index in [1.807, 2.05) is 18.3 Å². The van der Waals surface area contributed by atoms with Crippen LogP contribution in [0.2, 0.25) is 0 Å². The lowest BCUT2D eigenvalue weighted by Gasteiger charge is -2.24. The van der Waals surface area contributed by atoms with E-state index < -0.39 is 0 Å². The van der Waals surface area contributed by atoms with E-state index in [0.717, 1.165) is 48.0 Å². The first kappa shape index (κ1) is 33.2. The van der Waals surface area contributed by atoms with Gasteiger partial charge in [0.05, 0.1) is 5.35 Å². The minimum atomic E-state index is 0.113. The van der Waals surface area contributed by atoms with Crippen molar-refractivity contribution in [1.82, 2.24) is 10.3 Å². The van der Waals surface area contributed by atoms with Crippen LogP contribution in [0.5, 0.6) is 0 Å². The summed E-state index contributed by atoms with van der Waals surface area (Å²) < 4.78 is 0. The van der Waals surface area contributed by atoms with E-state index >= 15 is 0 Å². The molecule has 1 amide bonds. The molecule has 0 radical (unpaired) electrons. The summed E-state index contributed by atoms with van der Waals surface area (Å²) in [5.41, 5.74) is 2.32. The number of hydrogen-bond donors (Lipinski definition) is 3. The first-order valence-corrected chi connectivity index (χ1v) is 14.7. The van der Waals surface area contributed by atoms with Crippen molar-refractivity contribution < 1.29 is 4.79 Å². The number of nitrogens with zero attached hydrogens (tertiary/aromatic N) is 3. The number of thiol groups is 1. The molecule has 1 aliphatic carbocycles. The van der Waals surface area contributed by atoms with Gasteiger partial charge in [0.25, 0.3) is 0 Å². The highest BCUT2D eigenvalue weighted by atomic mass is 32.1. The van der Waals surface area contributed by atoms with Gasteiger partial charge in [-0.1, -0.05) is 47.1 Å². The zero-order chi connectivity index (χ0) is 28.3. The third-order valence-electron chi connectivity index (χ3n) is 6.07. The molecule has 0 aliphatic heterocycles. The number of amidine groups is 1. The third kappa shape index (κ3) is 12.6. The van der Waals surface area contributed by atoms with Crippen LogP contribution in [0, 0.1) is 5.92 Å². The minimum Gasteiger partial charge on any atom is -0.372 e. The number of hydrogen-bond acceptors (Lipinski definition) is 5. The summed E-state index contributed by atoms with van der Waals surface area (Å²) >= 11 is 3.53. The van der Waals surface area contributed by atoms with Crippen molar-refractivity contribution in [3.8, 4) is 0 Å². The fourth-order valence-corrected chi connectivity index (χ4v) is 4.20. The number of aromatic nitrogens is 1. The Hall–Kier alpha value is -2.80. The van der Waals surface area contributed by atoms with Crippen molar-refractivity contribution in [2.75, 3.05) is 29.6 Å². The van der Waals surface area contributed by atoms with E-state index in [1.54, 1.807) is 19.4 Å². The molecule has 1 aromatic carbocycles. The van der Waals surface area contributed by atoms with Crippen molar-refractivity contribution in [2.45, 2.75) is 79.2 Å². The van der Waals surface area contributed by atoms with E-state index in [4.69, 9.17) is 0 Å². The second-order valence-electron chi connectivity index (χ2n) is 9.68. The van der Waals surface area contributed by atoms with Crippen molar-refractivity contribution >= 4 is 48.5 Å². The first-order chi connectivity index (χ1) is 18.3. The van der Waals surface area contributed by atoms with E-state index in [9.17, 15) is 4.79 Å². The summed E-state index contributed by atoms with van der Waals surface area (Å²) in [5.74, 6) is 1.31. The van der Waals surface area contributed by atoms with Crippen molar-refractivity contribution in [1.29, 1.82) is 0 Å². The van der Waals surface area contributed by atoms with Crippen LogP contribution >= 0.6 is 12.6 Å². The molecule has 1 saturated carbocycles. The number of carbonyl (C=O) groups is 1. The van der Waals surface area contributed by atoms with Gasteiger partial charge in [-0.3, -0.25) is 9.78 Å². The summed E-state index contributed by atoms with van der Waals surface area (Å²) in [6.45, 7) is 16.4. The van der Waals surface area contributed by atoms with Gasteiger partial charge in [-0.15, -0.1) is 0 Å². The number of anilines is 2. The first-order valence-electron chi connectivity index (χ1n) is 13.9. The molecule has 1 fully saturated rings.